The molecule has 0 saturated heterocycles. The van der Waals surface area contributed by atoms with Gasteiger partial charge in [-0.25, -0.2) is 0 Å². The van der Waals surface area contributed by atoms with E-state index in [0.29, 0.717) is 6.54 Å². The number of methoxy groups -OCH3 is 1. The summed E-state index contributed by atoms with van der Waals surface area (Å²) in [5.41, 5.74) is 10.1. The smallest absolute Gasteiger partial charge is 0.218 e. The molecule has 1 heterocycles. The summed E-state index contributed by atoms with van der Waals surface area (Å²) in [7, 11) is 1.67. The number of primary amides is 1. The van der Waals surface area contributed by atoms with Crippen LogP contribution in [0.2, 0.25) is 0 Å². The molecule has 0 aliphatic heterocycles. The van der Waals surface area contributed by atoms with Crippen molar-refractivity contribution in [2.24, 2.45) is 5.73 Å². The molecule has 5 aromatic rings. The first-order valence-electron chi connectivity index (χ1n) is 11.9. The van der Waals surface area contributed by atoms with Crippen LogP contribution in [-0.4, -0.2) is 17.6 Å². The largest absolute Gasteiger partial charge is 0.497 e. The highest BCUT2D eigenvalue weighted by molar-refractivity contribution is 5.86. The van der Waals surface area contributed by atoms with Crippen LogP contribution in [0, 0.1) is 0 Å². The summed E-state index contributed by atoms with van der Waals surface area (Å²) in [5.74, 6) is 1.76. The van der Waals surface area contributed by atoms with Crippen molar-refractivity contribution in [3.05, 3.63) is 126 Å². The summed E-state index contributed by atoms with van der Waals surface area (Å²) in [5, 5.41) is 1.10. The SMILES string of the molecule is COc1ccc(Cn2cc(C(CC(N)=O)c3cccc(Oc4ccccc4)c3)c3ccccc32)cc1. The van der Waals surface area contributed by atoms with Crippen molar-refractivity contribution >= 4 is 16.8 Å². The minimum Gasteiger partial charge on any atom is -0.497 e. The van der Waals surface area contributed by atoms with Gasteiger partial charge in [-0.2, -0.15) is 0 Å². The number of hydrogen-bond donors (Lipinski definition) is 1. The fourth-order valence-electron chi connectivity index (χ4n) is 4.64. The predicted octanol–water partition coefficient (Wildman–Crippen LogP) is 6.50. The third-order valence-electron chi connectivity index (χ3n) is 6.35. The van der Waals surface area contributed by atoms with Crippen LogP contribution in [0.25, 0.3) is 10.9 Å². The second-order valence-electron chi connectivity index (χ2n) is 8.79. The summed E-state index contributed by atoms with van der Waals surface area (Å²) in [4.78, 5) is 12.2. The molecule has 5 heteroatoms. The van der Waals surface area contributed by atoms with Crippen molar-refractivity contribution in [3.8, 4) is 17.2 Å². The molecule has 0 bridgehead atoms. The summed E-state index contributed by atoms with van der Waals surface area (Å²) in [6.45, 7) is 0.699. The molecule has 1 atom stereocenters. The van der Waals surface area contributed by atoms with Crippen LogP contribution in [0.1, 0.15) is 29.0 Å². The van der Waals surface area contributed by atoms with Gasteiger partial charge in [0, 0.05) is 36.0 Å². The van der Waals surface area contributed by atoms with Crippen LogP contribution in [0.15, 0.2) is 109 Å². The summed E-state index contributed by atoms with van der Waals surface area (Å²) < 4.78 is 13.6. The van der Waals surface area contributed by atoms with Crippen LogP contribution in [-0.2, 0) is 11.3 Å². The maximum Gasteiger partial charge on any atom is 0.218 e. The number of ether oxygens (including phenoxy) is 2. The third-order valence-corrected chi connectivity index (χ3v) is 6.35. The summed E-state index contributed by atoms with van der Waals surface area (Å²) in [6.07, 6.45) is 2.35. The first-order chi connectivity index (χ1) is 17.6. The summed E-state index contributed by atoms with van der Waals surface area (Å²) >= 11 is 0. The highest BCUT2D eigenvalue weighted by atomic mass is 16.5. The molecule has 36 heavy (non-hydrogen) atoms. The Morgan fingerprint density at radius 2 is 1.56 bits per heavy atom. The molecular formula is C31H28N2O3. The fourth-order valence-corrected chi connectivity index (χ4v) is 4.64. The monoisotopic (exact) mass is 476 g/mol. The van der Waals surface area contributed by atoms with E-state index < -0.39 is 0 Å². The van der Waals surface area contributed by atoms with Crippen LogP contribution in [0.5, 0.6) is 17.2 Å². The van der Waals surface area contributed by atoms with Gasteiger partial charge in [-0.15, -0.1) is 0 Å². The zero-order valence-electron chi connectivity index (χ0n) is 20.1. The number of fused-ring (bicyclic) bond motifs is 1. The Kier molecular flexibility index (Phi) is 6.72. The Morgan fingerprint density at radius 3 is 2.31 bits per heavy atom. The van der Waals surface area contributed by atoms with Crippen molar-refractivity contribution in [2.45, 2.75) is 18.9 Å². The molecule has 0 aliphatic carbocycles. The van der Waals surface area contributed by atoms with Gasteiger partial charge < -0.3 is 19.8 Å². The van der Waals surface area contributed by atoms with E-state index in [-0.39, 0.29) is 18.2 Å². The molecular weight excluding hydrogens is 448 g/mol. The quantitative estimate of drug-likeness (QED) is 0.264. The minimum absolute atomic E-state index is 0.200. The molecule has 1 unspecified atom stereocenters. The van der Waals surface area contributed by atoms with E-state index in [1.54, 1.807) is 7.11 Å². The minimum atomic E-state index is -0.346. The molecule has 5 nitrogen and oxygen atoms in total. The molecule has 0 radical (unpaired) electrons. The molecule has 0 aliphatic rings. The number of carbonyl (C=O) groups excluding carboxylic acids is 1. The molecule has 0 fully saturated rings. The van der Waals surface area contributed by atoms with Gasteiger partial charge in [-0.3, -0.25) is 4.79 Å². The first-order valence-corrected chi connectivity index (χ1v) is 11.9. The van der Waals surface area contributed by atoms with Gasteiger partial charge in [0.2, 0.25) is 5.91 Å². The molecule has 1 aromatic heterocycles. The fraction of sp³-hybridized carbons (Fsp3) is 0.129. The lowest BCUT2D eigenvalue weighted by molar-refractivity contribution is -0.118. The maximum absolute atomic E-state index is 12.2. The standard InChI is InChI=1S/C31H28N2O3/c1-35-24-16-14-22(15-17-24)20-33-21-29(27-12-5-6-13-30(27)33)28(19-31(32)34)23-8-7-11-26(18-23)36-25-9-3-2-4-10-25/h2-18,21,28H,19-20H2,1H3,(H2,32,34). The lowest BCUT2D eigenvalue weighted by Crippen LogP contribution is -2.16. The molecule has 2 N–H and O–H groups in total. The van der Waals surface area contributed by atoms with Gasteiger partial charge in [0.15, 0.2) is 0 Å². The second kappa shape index (κ2) is 10.4. The first kappa shape index (κ1) is 23.2. The Balaban J connectivity index is 1.54. The van der Waals surface area contributed by atoms with E-state index in [2.05, 4.69) is 35.0 Å². The number of nitrogens with zero attached hydrogens (tertiary/aromatic N) is 1. The number of amides is 1. The number of rotatable bonds is 9. The van der Waals surface area contributed by atoms with Crippen LogP contribution < -0.4 is 15.2 Å². The zero-order chi connectivity index (χ0) is 24.9. The van der Waals surface area contributed by atoms with E-state index in [4.69, 9.17) is 15.2 Å². The van der Waals surface area contributed by atoms with Crippen molar-refractivity contribution < 1.29 is 14.3 Å². The second-order valence-corrected chi connectivity index (χ2v) is 8.79. The molecule has 0 saturated carbocycles. The average molecular weight is 477 g/mol. The van der Waals surface area contributed by atoms with Gasteiger partial charge in [0.25, 0.3) is 0 Å². The number of benzene rings is 4. The van der Waals surface area contributed by atoms with Crippen molar-refractivity contribution in [1.29, 1.82) is 0 Å². The number of carbonyl (C=O) groups is 1. The average Bonchev–Trinajstić information content (AvgIpc) is 3.26. The zero-order valence-corrected chi connectivity index (χ0v) is 20.1. The Morgan fingerprint density at radius 1 is 0.833 bits per heavy atom. The molecule has 5 rings (SSSR count). The molecule has 180 valence electrons. The topological polar surface area (TPSA) is 66.5 Å². The normalized spacial score (nSPS) is 11.8. The number of nitrogens with two attached hydrogens (primary N) is 1. The molecule has 1 amide bonds. The maximum atomic E-state index is 12.2. The van der Waals surface area contributed by atoms with E-state index in [1.807, 2.05) is 78.9 Å². The van der Waals surface area contributed by atoms with E-state index in [9.17, 15) is 4.79 Å². The van der Waals surface area contributed by atoms with Crippen molar-refractivity contribution in [3.63, 3.8) is 0 Å². The molecule has 0 spiro atoms. The van der Waals surface area contributed by atoms with Crippen LogP contribution >= 0.6 is 0 Å². The van der Waals surface area contributed by atoms with Gasteiger partial charge >= 0.3 is 0 Å². The van der Waals surface area contributed by atoms with Gasteiger partial charge in [-0.05, 0) is 59.2 Å². The number of para-hydroxylation sites is 2. The number of hydrogen-bond acceptors (Lipinski definition) is 3. The van der Waals surface area contributed by atoms with Crippen LogP contribution in [0.4, 0.5) is 0 Å². The van der Waals surface area contributed by atoms with Gasteiger partial charge in [-0.1, -0.05) is 60.7 Å². The highest BCUT2D eigenvalue weighted by Crippen LogP contribution is 2.36. The Labute approximate surface area is 210 Å². The van der Waals surface area contributed by atoms with Crippen molar-refractivity contribution in [1.82, 2.24) is 4.57 Å². The van der Waals surface area contributed by atoms with Crippen LogP contribution in [0.3, 0.4) is 0 Å². The lowest BCUT2D eigenvalue weighted by Gasteiger charge is -2.17. The lowest BCUT2D eigenvalue weighted by atomic mass is 9.88. The molecule has 4 aromatic carbocycles. The van der Waals surface area contributed by atoms with Crippen molar-refractivity contribution in [2.75, 3.05) is 7.11 Å². The van der Waals surface area contributed by atoms with E-state index in [1.165, 1.54) is 0 Å². The predicted molar refractivity (Wildman–Crippen MR) is 143 cm³/mol. The van der Waals surface area contributed by atoms with E-state index in [0.717, 1.165) is 44.8 Å². The summed E-state index contributed by atoms with van der Waals surface area (Å²) in [6, 6.07) is 33.9. The Hall–Kier alpha value is -4.51. The van der Waals surface area contributed by atoms with E-state index >= 15 is 0 Å². The Bertz CT molecular complexity index is 1470. The third kappa shape index (κ3) is 5.10. The van der Waals surface area contributed by atoms with Gasteiger partial charge in [0.1, 0.15) is 17.2 Å². The van der Waals surface area contributed by atoms with Gasteiger partial charge in [0.05, 0.1) is 7.11 Å². The highest BCUT2D eigenvalue weighted by Gasteiger charge is 2.22. The number of aromatic nitrogens is 1.